The van der Waals surface area contributed by atoms with Crippen LogP contribution in [0.2, 0.25) is 5.02 Å². The van der Waals surface area contributed by atoms with Gasteiger partial charge in [0, 0.05) is 10.6 Å². The maximum absolute atomic E-state index is 12.6. The molecule has 3 rings (SSSR count). The molecule has 0 aliphatic carbocycles. The summed E-state index contributed by atoms with van der Waals surface area (Å²) in [6, 6.07) is 8.73. The smallest absolute Gasteiger partial charge is 0.422 e. The monoisotopic (exact) mass is 409 g/mol. The normalized spacial score (nSPS) is 11.5. The Kier molecular flexibility index (Phi) is 5.42. The van der Waals surface area contributed by atoms with Gasteiger partial charge in [-0.25, -0.2) is 9.97 Å². The molecule has 1 aromatic heterocycles. The summed E-state index contributed by atoms with van der Waals surface area (Å²) in [6.45, 7) is 2.16. The van der Waals surface area contributed by atoms with Crippen molar-refractivity contribution in [2.24, 2.45) is 0 Å². The number of alkyl halides is 3. The Hall–Kier alpha value is -2.87. The van der Waals surface area contributed by atoms with E-state index in [1.54, 1.807) is 18.2 Å². The third kappa shape index (κ3) is 4.69. The number of fused-ring (bicyclic) bond motifs is 1. The first kappa shape index (κ1) is 19.9. The van der Waals surface area contributed by atoms with Crippen LogP contribution in [0.5, 0.6) is 5.75 Å². The maximum atomic E-state index is 12.6. The molecule has 0 bridgehead atoms. The predicted octanol–water partition coefficient (Wildman–Crippen LogP) is 5.09. The van der Waals surface area contributed by atoms with E-state index in [4.69, 9.17) is 16.3 Å². The Bertz CT molecular complexity index is 1050. The summed E-state index contributed by atoms with van der Waals surface area (Å²) in [6.07, 6.45) is -4.51. The van der Waals surface area contributed by atoms with Crippen LogP contribution >= 0.6 is 11.6 Å². The summed E-state index contributed by atoms with van der Waals surface area (Å²) in [4.78, 5) is 21.4. The van der Waals surface area contributed by atoms with Gasteiger partial charge in [0.15, 0.2) is 6.61 Å². The van der Waals surface area contributed by atoms with Crippen LogP contribution in [-0.2, 0) is 0 Å². The van der Waals surface area contributed by atoms with Crippen molar-refractivity contribution >= 4 is 34.2 Å². The summed E-state index contributed by atoms with van der Waals surface area (Å²) in [5, 5.41) is 2.77. The van der Waals surface area contributed by atoms with Crippen molar-refractivity contribution in [1.29, 1.82) is 0 Å². The molecule has 0 spiro atoms. The molecular formula is C19H15ClF3N3O2. The highest BCUT2D eigenvalue weighted by Crippen LogP contribution is 2.30. The maximum Gasteiger partial charge on any atom is 0.422 e. The second kappa shape index (κ2) is 7.63. The zero-order chi connectivity index (χ0) is 20.5. The van der Waals surface area contributed by atoms with E-state index >= 15 is 0 Å². The van der Waals surface area contributed by atoms with Gasteiger partial charge >= 0.3 is 6.18 Å². The number of nitrogens with zero attached hydrogens (tertiary/aromatic N) is 2. The molecule has 2 aromatic carbocycles. The lowest BCUT2D eigenvalue weighted by Crippen LogP contribution is -2.20. The third-order valence-corrected chi connectivity index (χ3v) is 4.15. The Morgan fingerprint density at radius 3 is 2.43 bits per heavy atom. The molecule has 0 aliphatic rings. The van der Waals surface area contributed by atoms with Gasteiger partial charge in [-0.1, -0.05) is 11.6 Å². The van der Waals surface area contributed by atoms with Gasteiger partial charge in [0.1, 0.15) is 5.75 Å². The van der Waals surface area contributed by atoms with E-state index in [0.717, 1.165) is 11.4 Å². The SMILES string of the molecule is Cc1nc2ccc(C(=O)Nc3cc(Cl)ccc3OCC(F)(F)F)cc2nc1C. The largest absolute Gasteiger partial charge is 0.482 e. The van der Waals surface area contributed by atoms with Crippen LogP contribution in [0, 0.1) is 13.8 Å². The van der Waals surface area contributed by atoms with Crippen LogP contribution in [0.25, 0.3) is 11.0 Å². The number of benzene rings is 2. The number of ether oxygens (including phenoxy) is 1. The number of anilines is 1. The lowest BCUT2D eigenvalue weighted by Gasteiger charge is -2.14. The van der Waals surface area contributed by atoms with Crippen molar-refractivity contribution in [3.05, 3.63) is 58.4 Å². The minimum absolute atomic E-state index is 0.0352. The minimum Gasteiger partial charge on any atom is -0.482 e. The van der Waals surface area contributed by atoms with E-state index < -0.39 is 18.7 Å². The molecular weight excluding hydrogens is 395 g/mol. The van der Waals surface area contributed by atoms with Gasteiger partial charge in [-0.15, -0.1) is 0 Å². The van der Waals surface area contributed by atoms with Crippen molar-refractivity contribution in [2.75, 3.05) is 11.9 Å². The molecule has 146 valence electrons. The fourth-order valence-electron chi connectivity index (χ4n) is 2.45. The standard InChI is InChI=1S/C19H15ClF3N3O2/c1-10-11(2)25-15-7-12(3-5-14(15)24-10)18(27)26-16-8-13(20)4-6-17(16)28-9-19(21,22)23/h3-8H,9H2,1-2H3,(H,26,27). The molecule has 28 heavy (non-hydrogen) atoms. The molecule has 0 radical (unpaired) electrons. The van der Waals surface area contributed by atoms with E-state index in [1.165, 1.54) is 18.2 Å². The lowest BCUT2D eigenvalue weighted by molar-refractivity contribution is -0.153. The van der Waals surface area contributed by atoms with Crippen LogP contribution < -0.4 is 10.1 Å². The zero-order valence-corrected chi connectivity index (χ0v) is 15.6. The van der Waals surface area contributed by atoms with Gasteiger partial charge in [-0.05, 0) is 50.2 Å². The van der Waals surface area contributed by atoms with Crippen LogP contribution in [-0.4, -0.2) is 28.7 Å². The van der Waals surface area contributed by atoms with Crippen LogP contribution in [0.15, 0.2) is 36.4 Å². The Morgan fingerprint density at radius 2 is 1.75 bits per heavy atom. The summed E-state index contributed by atoms with van der Waals surface area (Å²) >= 11 is 5.90. The van der Waals surface area contributed by atoms with Gasteiger partial charge in [0.25, 0.3) is 5.91 Å². The van der Waals surface area contributed by atoms with Gasteiger partial charge in [0.2, 0.25) is 0 Å². The second-order valence-corrected chi connectivity index (χ2v) is 6.53. The van der Waals surface area contributed by atoms with Gasteiger partial charge < -0.3 is 10.1 Å². The van der Waals surface area contributed by atoms with E-state index in [-0.39, 0.29) is 22.0 Å². The molecule has 3 aromatic rings. The number of aryl methyl sites for hydroxylation is 2. The lowest BCUT2D eigenvalue weighted by atomic mass is 10.1. The quantitative estimate of drug-likeness (QED) is 0.651. The molecule has 1 heterocycles. The number of rotatable bonds is 4. The number of halogens is 4. The van der Waals surface area contributed by atoms with E-state index in [1.807, 2.05) is 13.8 Å². The molecule has 0 fully saturated rings. The predicted molar refractivity (Wildman–Crippen MR) is 100.0 cm³/mol. The first-order valence-electron chi connectivity index (χ1n) is 8.18. The van der Waals surface area contributed by atoms with Crippen molar-refractivity contribution in [3.8, 4) is 5.75 Å². The summed E-state index contributed by atoms with van der Waals surface area (Å²) in [5.74, 6) is -0.678. The number of amides is 1. The minimum atomic E-state index is -4.51. The fraction of sp³-hybridized carbons (Fsp3) is 0.211. The van der Waals surface area contributed by atoms with Gasteiger partial charge in [-0.2, -0.15) is 13.2 Å². The molecule has 0 aliphatic heterocycles. The van der Waals surface area contributed by atoms with Crippen LogP contribution in [0.4, 0.5) is 18.9 Å². The molecule has 5 nitrogen and oxygen atoms in total. The fourth-order valence-corrected chi connectivity index (χ4v) is 2.62. The average molecular weight is 410 g/mol. The van der Waals surface area contributed by atoms with E-state index in [0.29, 0.717) is 11.0 Å². The summed E-state index contributed by atoms with van der Waals surface area (Å²) < 4.78 is 42.1. The number of carbonyl (C=O) groups is 1. The highest BCUT2D eigenvalue weighted by molar-refractivity contribution is 6.31. The number of carbonyl (C=O) groups excluding carboxylic acids is 1. The highest BCUT2D eigenvalue weighted by Gasteiger charge is 2.29. The average Bonchev–Trinajstić information content (AvgIpc) is 2.61. The van der Waals surface area contributed by atoms with Gasteiger partial charge in [-0.3, -0.25) is 4.79 Å². The first-order chi connectivity index (χ1) is 13.1. The van der Waals surface area contributed by atoms with Crippen molar-refractivity contribution in [1.82, 2.24) is 9.97 Å². The van der Waals surface area contributed by atoms with Crippen molar-refractivity contribution < 1.29 is 22.7 Å². The van der Waals surface area contributed by atoms with Crippen LogP contribution in [0.1, 0.15) is 21.7 Å². The zero-order valence-electron chi connectivity index (χ0n) is 14.9. The summed E-state index contributed by atoms with van der Waals surface area (Å²) in [5.41, 5.74) is 3.00. The van der Waals surface area contributed by atoms with Crippen molar-refractivity contribution in [3.63, 3.8) is 0 Å². The second-order valence-electron chi connectivity index (χ2n) is 6.10. The molecule has 0 unspecified atom stereocenters. The number of hydrogen-bond acceptors (Lipinski definition) is 4. The van der Waals surface area contributed by atoms with Crippen LogP contribution in [0.3, 0.4) is 0 Å². The number of aromatic nitrogens is 2. The molecule has 0 saturated heterocycles. The number of hydrogen-bond donors (Lipinski definition) is 1. The van der Waals surface area contributed by atoms with Gasteiger partial charge in [0.05, 0.1) is 28.1 Å². The Labute approximate surface area is 163 Å². The molecule has 9 heteroatoms. The highest BCUT2D eigenvalue weighted by atomic mass is 35.5. The summed E-state index contributed by atoms with van der Waals surface area (Å²) in [7, 11) is 0. The Balaban J connectivity index is 1.87. The molecule has 0 atom stereocenters. The molecule has 1 amide bonds. The van der Waals surface area contributed by atoms with E-state index in [9.17, 15) is 18.0 Å². The Morgan fingerprint density at radius 1 is 1.07 bits per heavy atom. The number of nitrogens with one attached hydrogen (secondary N) is 1. The van der Waals surface area contributed by atoms with E-state index in [2.05, 4.69) is 15.3 Å². The molecule has 1 N–H and O–H groups in total. The first-order valence-corrected chi connectivity index (χ1v) is 8.55. The van der Waals surface area contributed by atoms with Crippen molar-refractivity contribution in [2.45, 2.75) is 20.0 Å². The third-order valence-electron chi connectivity index (χ3n) is 3.92. The topological polar surface area (TPSA) is 64.1 Å². The molecule has 0 saturated carbocycles.